The van der Waals surface area contributed by atoms with E-state index in [1.54, 1.807) is 6.20 Å². The molecule has 2 heterocycles. The van der Waals surface area contributed by atoms with E-state index in [2.05, 4.69) is 10.1 Å². The molecule has 0 unspecified atom stereocenters. The molecule has 0 aliphatic heterocycles. The summed E-state index contributed by atoms with van der Waals surface area (Å²) in [7, 11) is 0. The average molecular weight is 357 g/mol. The van der Waals surface area contributed by atoms with Gasteiger partial charge in [-0.1, -0.05) is 53.7 Å². The van der Waals surface area contributed by atoms with Crippen molar-refractivity contribution in [2.24, 2.45) is 0 Å². The molecule has 4 rings (SSSR count). The molecule has 0 spiro atoms. The van der Waals surface area contributed by atoms with Gasteiger partial charge in [0, 0.05) is 36.0 Å². The van der Waals surface area contributed by atoms with Gasteiger partial charge >= 0.3 is 0 Å². The minimum absolute atomic E-state index is 0.498. The van der Waals surface area contributed by atoms with Crippen molar-refractivity contribution in [1.29, 1.82) is 0 Å². The van der Waals surface area contributed by atoms with Crippen LogP contribution in [0.15, 0.2) is 83.5 Å². The molecule has 0 bridgehead atoms. The van der Waals surface area contributed by atoms with Crippen LogP contribution in [0.2, 0.25) is 0 Å². The van der Waals surface area contributed by atoms with Gasteiger partial charge in [0.1, 0.15) is 6.61 Å². The quantitative estimate of drug-likeness (QED) is 0.515. The number of nitrogens with zero attached hydrogens (tertiary/aromatic N) is 2. The van der Waals surface area contributed by atoms with Crippen LogP contribution in [0.1, 0.15) is 16.8 Å². The molecule has 0 aliphatic rings. The fraction of sp³-hybridized carbons (Fsp3) is 0.0909. The Labute approximate surface area is 157 Å². The zero-order valence-corrected chi connectivity index (χ0v) is 14.7. The van der Waals surface area contributed by atoms with Crippen LogP contribution in [0.25, 0.3) is 11.3 Å². The van der Waals surface area contributed by atoms with Gasteiger partial charge in [-0.05, 0) is 23.3 Å². The van der Waals surface area contributed by atoms with Crippen molar-refractivity contribution in [2.75, 3.05) is 5.73 Å². The minimum atomic E-state index is 0.498. The topological polar surface area (TPSA) is 74.2 Å². The molecular weight excluding hydrogens is 338 g/mol. The molecule has 0 aliphatic carbocycles. The highest BCUT2D eigenvalue weighted by atomic mass is 16.5. The van der Waals surface area contributed by atoms with Gasteiger partial charge in [0.25, 0.3) is 0 Å². The normalized spacial score (nSPS) is 10.7. The Morgan fingerprint density at radius 2 is 1.70 bits per heavy atom. The molecule has 0 radical (unpaired) electrons. The van der Waals surface area contributed by atoms with Gasteiger partial charge in [0.2, 0.25) is 5.88 Å². The lowest BCUT2D eigenvalue weighted by Gasteiger charge is -2.05. The Kier molecular flexibility index (Phi) is 4.83. The van der Waals surface area contributed by atoms with Gasteiger partial charge in [-0.25, -0.2) is 4.98 Å². The summed E-state index contributed by atoms with van der Waals surface area (Å²) < 4.78 is 11.2. The Morgan fingerprint density at radius 1 is 0.889 bits per heavy atom. The lowest BCUT2D eigenvalue weighted by Crippen LogP contribution is -1.97. The van der Waals surface area contributed by atoms with Gasteiger partial charge in [-0.3, -0.25) is 0 Å². The third-order valence-electron chi connectivity index (χ3n) is 4.20. The number of ether oxygens (including phenoxy) is 1. The van der Waals surface area contributed by atoms with E-state index in [0.29, 0.717) is 30.4 Å². The monoisotopic (exact) mass is 357 g/mol. The number of nitrogen functional groups attached to an aromatic ring is 1. The molecule has 2 N–H and O–H groups in total. The van der Waals surface area contributed by atoms with Crippen LogP contribution in [0.3, 0.4) is 0 Å². The molecule has 134 valence electrons. The number of aromatic nitrogens is 2. The lowest BCUT2D eigenvalue weighted by molar-refractivity contribution is 0.294. The minimum Gasteiger partial charge on any atom is -0.473 e. The molecular formula is C22H19N3O2. The van der Waals surface area contributed by atoms with E-state index >= 15 is 0 Å². The van der Waals surface area contributed by atoms with E-state index in [1.807, 2.05) is 72.8 Å². The molecule has 0 atom stereocenters. The van der Waals surface area contributed by atoms with E-state index in [-0.39, 0.29) is 0 Å². The first-order valence-electron chi connectivity index (χ1n) is 8.70. The molecule has 27 heavy (non-hydrogen) atoms. The first kappa shape index (κ1) is 16.8. The van der Waals surface area contributed by atoms with Crippen LogP contribution in [-0.4, -0.2) is 10.1 Å². The summed E-state index contributed by atoms with van der Waals surface area (Å²) >= 11 is 0. The maximum absolute atomic E-state index is 5.99. The molecule has 5 heteroatoms. The van der Waals surface area contributed by atoms with Crippen LogP contribution >= 0.6 is 0 Å². The smallest absolute Gasteiger partial charge is 0.213 e. The second kappa shape index (κ2) is 7.74. The number of benzene rings is 2. The van der Waals surface area contributed by atoms with E-state index in [4.69, 9.17) is 15.0 Å². The van der Waals surface area contributed by atoms with E-state index in [9.17, 15) is 0 Å². The van der Waals surface area contributed by atoms with Crippen LogP contribution in [0.4, 0.5) is 5.69 Å². The van der Waals surface area contributed by atoms with Crippen LogP contribution < -0.4 is 10.5 Å². The van der Waals surface area contributed by atoms with Gasteiger partial charge in [0.05, 0.1) is 5.69 Å². The standard InChI is InChI=1S/C22H19N3O2/c23-20-9-5-4-8-19(20)21-13-18(25-27-21)12-17-10-11-22(24-14-17)26-15-16-6-2-1-3-7-16/h1-11,13-14H,12,15,23H2. The largest absolute Gasteiger partial charge is 0.473 e. The summed E-state index contributed by atoms with van der Waals surface area (Å²) in [6.45, 7) is 0.498. The van der Waals surface area contributed by atoms with E-state index < -0.39 is 0 Å². The van der Waals surface area contributed by atoms with Gasteiger partial charge < -0.3 is 15.0 Å². The summed E-state index contributed by atoms with van der Waals surface area (Å²) in [6.07, 6.45) is 2.42. The van der Waals surface area contributed by atoms with Crippen molar-refractivity contribution < 1.29 is 9.26 Å². The second-order valence-electron chi connectivity index (χ2n) is 6.23. The zero-order valence-electron chi connectivity index (χ0n) is 14.7. The van der Waals surface area contributed by atoms with Gasteiger partial charge in [-0.15, -0.1) is 0 Å². The molecule has 4 aromatic rings. The molecule has 2 aromatic heterocycles. The fourth-order valence-electron chi connectivity index (χ4n) is 2.78. The summed E-state index contributed by atoms with van der Waals surface area (Å²) in [6, 6.07) is 23.3. The number of hydrogen-bond donors (Lipinski definition) is 1. The number of para-hydroxylation sites is 1. The predicted molar refractivity (Wildman–Crippen MR) is 104 cm³/mol. The maximum Gasteiger partial charge on any atom is 0.213 e. The number of hydrogen-bond acceptors (Lipinski definition) is 5. The third-order valence-corrected chi connectivity index (χ3v) is 4.20. The summed E-state index contributed by atoms with van der Waals surface area (Å²) in [5.74, 6) is 1.26. The summed E-state index contributed by atoms with van der Waals surface area (Å²) in [5, 5.41) is 4.14. The van der Waals surface area contributed by atoms with Crippen molar-refractivity contribution in [3.05, 3.63) is 95.8 Å². The van der Waals surface area contributed by atoms with E-state index in [1.165, 1.54) is 0 Å². The van der Waals surface area contributed by atoms with Crippen molar-refractivity contribution in [1.82, 2.24) is 10.1 Å². The fourth-order valence-corrected chi connectivity index (χ4v) is 2.78. The van der Waals surface area contributed by atoms with Crippen molar-refractivity contribution in [3.8, 4) is 17.2 Å². The maximum atomic E-state index is 5.99. The first-order chi connectivity index (χ1) is 13.3. The first-order valence-corrected chi connectivity index (χ1v) is 8.70. The number of rotatable bonds is 6. The number of pyridine rings is 1. The zero-order chi connectivity index (χ0) is 18.5. The predicted octanol–water partition coefficient (Wildman–Crippen LogP) is 4.49. The number of nitrogens with two attached hydrogens (primary N) is 1. The Balaban J connectivity index is 1.39. The Bertz CT molecular complexity index is 1010. The van der Waals surface area contributed by atoms with Crippen molar-refractivity contribution in [3.63, 3.8) is 0 Å². The molecule has 0 amide bonds. The van der Waals surface area contributed by atoms with E-state index in [0.717, 1.165) is 22.4 Å². The highest BCUT2D eigenvalue weighted by molar-refractivity contribution is 5.72. The van der Waals surface area contributed by atoms with Crippen molar-refractivity contribution >= 4 is 5.69 Å². The lowest BCUT2D eigenvalue weighted by atomic mass is 10.1. The van der Waals surface area contributed by atoms with Crippen LogP contribution in [0.5, 0.6) is 5.88 Å². The molecule has 5 nitrogen and oxygen atoms in total. The summed E-state index contributed by atoms with van der Waals surface area (Å²) in [4.78, 5) is 4.37. The molecule has 0 fully saturated rings. The molecule has 0 saturated heterocycles. The summed E-state index contributed by atoms with van der Waals surface area (Å²) in [5.41, 5.74) is 10.5. The van der Waals surface area contributed by atoms with Gasteiger partial charge in [-0.2, -0.15) is 0 Å². The average Bonchev–Trinajstić information content (AvgIpc) is 3.17. The van der Waals surface area contributed by atoms with Gasteiger partial charge in [0.15, 0.2) is 5.76 Å². The highest BCUT2D eigenvalue weighted by Gasteiger charge is 2.10. The molecule has 0 saturated carbocycles. The number of anilines is 1. The molecule has 2 aromatic carbocycles. The third kappa shape index (κ3) is 4.15. The Morgan fingerprint density at radius 3 is 2.48 bits per heavy atom. The van der Waals surface area contributed by atoms with Crippen molar-refractivity contribution in [2.45, 2.75) is 13.0 Å². The Hall–Kier alpha value is -3.60. The second-order valence-corrected chi connectivity index (χ2v) is 6.23. The SMILES string of the molecule is Nc1ccccc1-c1cc(Cc2ccc(OCc3ccccc3)nc2)no1. The van der Waals surface area contributed by atoms with Crippen LogP contribution in [-0.2, 0) is 13.0 Å². The highest BCUT2D eigenvalue weighted by Crippen LogP contribution is 2.26. The van der Waals surface area contributed by atoms with Crippen LogP contribution in [0, 0.1) is 0 Å².